The van der Waals surface area contributed by atoms with E-state index >= 15 is 0 Å². The molecule has 1 aromatic rings. The maximum Gasteiger partial charge on any atom is 0.281 e. The van der Waals surface area contributed by atoms with Gasteiger partial charge in [0.15, 0.2) is 5.96 Å². The van der Waals surface area contributed by atoms with E-state index in [-0.39, 0.29) is 21.6 Å². The van der Waals surface area contributed by atoms with E-state index in [0.717, 1.165) is 0 Å². The molecule has 74 valence electrons. The summed E-state index contributed by atoms with van der Waals surface area (Å²) in [5, 5.41) is 0.424. The number of halogens is 2. The summed E-state index contributed by atoms with van der Waals surface area (Å²) in [4.78, 5) is 14.7. The van der Waals surface area contributed by atoms with Crippen LogP contribution in [0.4, 0.5) is 0 Å². The highest BCUT2D eigenvalue weighted by Gasteiger charge is 2.11. The first-order valence-electron chi connectivity index (χ1n) is 3.60. The van der Waals surface area contributed by atoms with E-state index in [0.29, 0.717) is 0 Å². The van der Waals surface area contributed by atoms with Crippen LogP contribution < -0.4 is 11.5 Å². The summed E-state index contributed by atoms with van der Waals surface area (Å²) in [6.07, 6.45) is 0. The van der Waals surface area contributed by atoms with Crippen molar-refractivity contribution >= 4 is 35.1 Å². The third kappa shape index (κ3) is 2.37. The maximum absolute atomic E-state index is 11.3. The number of aliphatic imine (C=N–C) groups is 1. The zero-order valence-electron chi connectivity index (χ0n) is 7.00. The van der Waals surface area contributed by atoms with Gasteiger partial charge in [0.2, 0.25) is 0 Å². The highest BCUT2D eigenvalue weighted by molar-refractivity contribution is 6.43. The summed E-state index contributed by atoms with van der Waals surface area (Å²) in [6.45, 7) is 0. The largest absolute Gasteiger partial charge is 0.370 e. The molecule has 0 atom stereocenters. The van der Waals surface area contributed by atoms with E-state index in [2.05, 4.69) is 4.99 Å². The molecule has 0 aliphatic rings. The molecular weight excluding hydrogens is 225 g/mol. The van der Waals surface area contributed by atoms with Crippen molar-refractivity contribution in [1.29, 1.82) is 0 Å². The number of nitrogens with zero attached hydrogens (tertiary/aromatic N) is 1. The smallest absolute Gasteiger partial charge is 0.281 e. The fourth-order valence-corrected chi connectivity index (χ4v) is 1.23. The van der Waals surface area contributed by atoms with Gasteiger partial charge in [-0.25, -0.2) is 0 Å². The van der Waals surface area contributed by atoms with Crippen LogP contribution in [0.5, 0.6) is 0 Å². The molecule has 4 nitrogen and oxygen atoms in total. The molecule has 1 aromatic carbocycles. The molecule has 0 unspecified atom stereocenters. The van der Waals surface area contributed by atoms with Crippen LogP contribution in [0, 0.1) is 0 Å². The van der Waals surface area contributed by atoms with Crippen LogP contribution in [0.1, 0.15) is 10.4 Å². The van der Waals surface area contributed by atoms with Gasteiger partial charge in [-0.15, -0.1) is 0 Å². The highest BCUT2D eigenvalue weighted by atomic mass is 35.5. The standard InChI is InChI=1S/C8H7Cl2N3O/c9-5-3-1-2-4(6(5)10)7(14)13-8(11)12/h1-3H,(H4,11,12,13,14). The fraction of sp³-hybridized carbons (Fsp3) is 0. The minimum Gasteiger partial charge on any atom is -0.370 e. The number of nitrogens with two attached hydrogens (primary N) is 2. The second kappa shape index (κ2) is 4.30. The van der Waals surface area contributed by atoms with E-state index in [1.54, 1.807) is 12.1 Å². The number of hydrogen-bond donors (Lipinski definition) is 2. The van der Waals surface area contributed by atoms with Gasteiger partial charge in [0, 0.05) is 0 Å². The summed E-state index contributed by atoms with van der Waals surface area (Å²) >= 11 is 11.5. The Balaban J connectivity index is 3.14. The number of rotatable bonds is 1. The lowest BCUT2D eigenvalue weighted by Gasteiger charge is -2.00. The molecule has 0 radical (unpaired) electrons. The third-order valence-electron chi connectivity index (χ3n) is 1.41. The topological polar surface area (TPSA) is 81.5 Å². The molecule has 0 heterocycles. The van der Waals surface area contributed by atoms with Crippen LogP contribution in [-0.2, 0) is 0 Å². The Morgan fingerprint density at radius 1 is 1.29 bits per heavy atom. The van der Waals surface area contributed by atoms with E-state index in [1.165, 1.54) is 6.07 Å². The molecule has 1 rings (SSSR count). The zero-order valence-corrected chi connectivity index (χ0v) is 8.51. The third-order valence-corrected chi connectivity index (χ3v) is 2.23. The first-order chi connectivity index (χ1) is 6.52. The summed E-state index contributed by atoms with van der Waals surface area (Å²) in [7, 11) is 0. The molecule has 0 aliphatic heterocycles. The van der Waals surface area contributed by atoms with Crippen LogP contribution in [-0.4, -0.2) is 11.9 Å². The molecule has 0 aromatic heterocycles. The molecule has 0 bridgehead atoms. The van der Waals surface area contributed by atoms with Crippen molar-refractivity contribution in [3.63, 3.8) is 0 Å². The molecule has 0 aliphatic carbocycles. The lowest BCUT2D eigenvalue weighted by molar-refractivity contribution is 0.100. The normalized spacial score (nSPS) is 9.57. The average molecular weight is 232 g/mol. The van der Waals surface area contributed by atoms with Crippen LogP contribution in [0.15, 0.2) is 23.2 Å². The Morgan fingerprint density at radius 3 is 2.50 bits per heavy atom. The van der Waals surface area contributed by atoms with Crippen LogP contribution in [0.2, 0.25) is 10.0 Å². The monoisotopic (exact) mass is 231 g/mol. The number of carbonyl (C=O) groups is 1. The highest BCUT2D eigenvalue weighted by Crippen LogP contribution is 2.25. The quantitative estimate of drug-likeness (QED) is 0.567. The molecule has 0 saturated carbocycles. The van der Waals surface area contributed by atoms with Crippen LogP contribution in [0.3, 0.4) is 0 Å². The lowest BCUT2D eigenvalue weighted by Crippen LogP contribution is -2.24. The van der Waals surface area contributed by atoms with E-state index in [1.807, 2.05) is 0 Å². The van der Waals surface area contributed by atoms with Crippen molar-refractivity contribution in [3.8, 4) is 0 Å². The van der Waals surface area contributed by atoms with Gasteiger partial charge in [-0.3, -0.25) is 4.79 Å². The van der Waals surface area contributed by atoms with Crippen molar-refractivity contribution in [3.05, 3.63) is 33.8 Å². The van der Waals surface area contributed by atoms with Crippen molar-refractivity contribution in [2.75, 3.05) is 0 Å². The minimum atomic E-state index is -0.613. The number of hydrogen-bond acceptors (Lipinski definition) is 1. The molecule has 6 heteroatoms. The minimum absolute atomic E-state index is 0.143. The van der Waals surface area contributed by atoms with Crippen molar-refractivity contribution in [2.45, 2.75) is 0 Å². The molecule has 0 fully saturated rings. The molecule has 1 amide bonds. The van der Waals surface area contributed by atoms with E-state index in [4.69, 9.17) is 34.7 Å². The van der Waals surface area contributed by atoms with Crippen LogP contribution in [0.25, 0.3) is 0 Å². The van der Waals surface area contributed by atoms with Crippen molar-refractivity contribution in [1.82, 2.24) is 0 Å². The Labute approximate surface area is 90.5 Å². The summed E-state index contributed by atoms with van der Waals surface area (Å²) in [5.41, 5.74) is 10.3. The molecule has 0 spiro atoms. The van der Waals surface area contributed by atoms with Gasteiger partial charge >= 0.3 is 0 Å². The Hall–Kier alpha value is -1.26. The second-order valence-corrected chi connectivity index (χ2v) is 3.23. The fourth-order valence-electron chi connectivity index (χ4n) is 0.846. The van der Waals surface area contributed by atoms with Crippen molar-refractivity contribution in [2.24, 2.45) is 16.5 Å². The van der Waals surface area contributed by atoms with Gasteiger partial charge < -0.3 is 11.5 Å². The number of benzene rings is 1. The van der Waals surface area contributed by atoms with Crippen LogP contribution >= 0.6 is 23.2 Å². The van der Waals surface area contributed by atoms with Crippen molar-refractivity contribution < 1.29 is 4.79 Å². The summed E-state index contributed by atoms with van der Waals surface area (Å²) in [5.74, 6) is -0.927. The van der Waals surface area contributed by atoms with Gasteiger partial charge in [-0.05, 0) is 12.1 Å². The lowest BCUT2D eigenvalue weighted by atomic mass is 10.2. The Kier molecular flexibility index (Phi) is 3.33. The number of carbonyl (C=O) groups excluding carboxylic acids is 1. The Morgan fingerprint density at radius 2 is 1.93 bits per heavy atom. The van der Waals surface area contributed by atoms with Gasteiger partial charge in [0.25, 0.3) is 5.91 Å². The summed E-state index contributed by atoms with van der Waals surface area (Å²) < 4.78 is 0. The first-order valence-corrected chi connectivity index (χ1v) is 4.36. The first kappa shape index (κ1) is 10.8. The maximum atomic E-state index is 11.3. The molecule has 14 heavy (non-hydrogen) atoms. The van der Waals surface area contributed by atoms with Gasteiger partial charge in [-0.2, -0.15) is 4.99 Å². The summed E-state index contributed by atoms with van der Waals surface area (Å²) in [6, 6.07) is 4.64. The molecule has 4 N–H and O–H groups in total. The second-order valence-electron chi connectivity index (χ2n) is 2.44. The van der Waals surface area contributed by atoms with E-state index in [9.17, 15) is 4.79 Å². The molecule has 0 saturated heterocycles. The Bertz CT molecular complexity index is 400. The van der Waals surface area contributed by atoms with Gasteiger partial charge in [0.05, 0.1) is 15.6 Å². The number of guanidine groups is 1. The van der Waals surface area contributed by atoms with E-state index < -0.39 is 5.91 Å². The molecular formula is C8H7Cl2N3O. The SMILES string of the molecule is NC(N)=NC(=O)c1cccc(Cl)c1Cl. The predicted molar refractivity (Wildman–Crippen MR) is 56.6 cm³/mol. The van der Waals surface area contributed by atoms with Gasteiger partial charge in [0.1, 0.15) is 0 Å². The predicted octanol–water partition coefficient (Wildman–Crippen LogP) is 1.41. The number of amides is 1. The van der Waals surface area contributed by atoms with Gasteiger partial charge in [-0.1, -0.05) is 29.3 Å². The average Bonchev–Trinajstić information content (AvgIpc) is 2.08. The zero-order chi connectivity index (χ0) is 10.7.